The third-order valence-electron chi connectivity index (χ3n) is 5.16. The van der Waals surface area contributed by atoms with Gasteiger partial charge in [0.2, 0.25) is 0 Å². The number of nitrogens with one attached hydrogen (secondary N) is 1. The van der Waals surface area contributed by atoms with Crippen molar-refractivity contribution in [1.29, 1.82) is 0 Å². The van der Waals surface area contributed by atoms with Gasteiger partial charge < -0.3 is 5.32 Å². The van der Waals surface area contributed by atoms with Gasteiger partial charge in [-0.15, -0.1) is 11.3 Å². The molecule has 20 heavy (non-hydrogen) atoms. The summed E-state index contributed by atoms with van der Waals surface area (Å²) < 4.78 is 0. The molecule has 3 unspecified atom stereocenters. The SMILES string of the molecule is CCC1CNC(C)(C2CC2)CN1C(C)c1nc(C)cs1. The Kier molecular flexibility index (Phi) is 3.91. The Balaban J connectivity index is 1.79. The Morgan fingerprint density at radius 2 is 2.30 bits per heavy atom. The molecule has 2 aliphatic rings. The summed E-state index contributed by atoms with van der Waals surface area (Å²) >= 11 is 1.81. The van der Waals surface area contributed by atoms with E-state index in [4.69, 9.17) is 4.98 Å². The Hall–Kier alpha value is -0.450. The van der Waals surface area contributed by atoms with Crippen molar-refractivity contribution in [2.24, 2.45) is 5.92 Å². The quantitative estimate of drug-likeness (QED) is 0.922. The second-order valence-corrected chi connectivity index (χ2v) is 7.70. The Morgan fingerprint density at radius 3 is 2.85 bits per heavy atom. The van der Waals surface area contributed by atoms with Gasteiger partial charge >= 0.3 is 0 Å². The molecule has 0 bridgehead atoms. The van der Waals surface area contributed by atoms with Gasteiger partial charge in [0, 0.05) is 35.7 Å². The Morgan fingerprint density at radius 1 is 1.55 bits per heavy atom. The molecular weight excluding hydrogens is 266 g/mol. The van der Waals surface area contributed by atoms with E-state index in [9.17, 15) is 0 Å². The highest BCUT2D eigenvalue weighted by molar-refractivity contribution is 7.09. The van der Waals surface area contributed by atoms with E-state index in [1.54, 1.807) is 0 Å². The van der Waals surface area contributed by atoms with Crippen LogP contribution in [0, 0.1) is 12.8 Å². The van der Waals surface area contributed by atoms with Gasteiger partial charge in [0.05, 0.1) is 6.04 Å². The molecule has 0 spiro atoms. The lowest BCUT2D eigenvalue weighted by Crippen LogP contribution is -2.64. The first kappa shape index (κ1) is 14.5. The molecule has 1 saturated heterocycles. The molecule has 3 nitrogen and oxygen atoms in total. The summed E-state index contributed by atoms with van der Waals surface area (Å²) in [6.45, 7) is 11.4. The maximum atomic E-state index is 4.72. The number of aromatic nitrogens is 1. The van der Waals surface area contributed by atoms with Gasteiger partial charge in [-0.25, -0.2) is 4.98 Å². The molecule has 0 aromatic carbocycles. The fourth-order valence-corrected chi connectivity index (χ4v) is 4.44. The summed E-state index contributed by atoms with van der Waals surface area (Å²) in [5, 5.41) is 7.30. The molecule has 4 heteroatoms. The van der Waals surface area contributed by atoms with Crippen molar-refractivity contribution in [2.75, 3.05) is 13.1 Å². The number of aryl methyl sites for hydroxylation is 1. The van der Waals surface area contributed by atoms with Crippen LogP contribution in [0.15, 0.2) is 5.38 Å². The van der Waals surface area contributed by atoms with Crippen molar-refractivity contribution >= 4 is 11.3 Å². The average molecular weight is 293 g/mol. The first-order valence-electron chi connectivity index (χ1n) is 7.96. The van der Waals surface area contributed by atoms with E-state index >= 15 is 0 Å². The molecule has 1 aromatic heterocycles. The van der Waals surface area contributed by atoms with E-state index in [0.717, 1.165) is 24.7 Å². The number of hydrogen-bond donors (Lipinski definition) is 1. The highest BCUT2D eigenvalue weighted by atomic mass is 32.1. The lowest BCUT2D eigenvalue weighted by molar-refractivity contribution is 0.0417. The smallest absolute Gasteiger partial charge is 0.110 e. The van der Waals surface area contributed by atoms with Gasteiger partial charge in [-0.3, -0.25) is 4.90 Å². The van der Waals surface area contributed by atoms with Crippen molar-refractivity contribution in [1.82, 2.24) is 15.2 Å². The minimum absolute atomic E-state index is 0.312. The van der Waals surface area contributed by atoms with Crippen LogP contribution in [0.3, 0.4) is 0 Å². The Labute approximate surface area is 126 Å². The molecule has 1 saturated carbocycles. The number of rotatable bonds is 4. The van der Waals surface area contributed by atoms with Crippen LogP contribution in [-0.2, 0) is 0 Å². The number of hydrogen-bond acceptors (Lipinski definition) is 4. The van der Waals surface area contributed by atoms with Gasteiger partial charge in [0.15, 0.2) is 0 Å². The average Bonchev–Trinajstić information content (AvgIpc) is 3.21. The molecule has 3 rings (SSSR count). The van der Waals surface area contributed by atoms with Crippen LogP contribution < -0.4 is 5.32 Å². The molecule has 2 fully saturated rings. The molecule has 3 atom stereocenters. The van der Waals surface area contributed by atoms with Crippen LogP contribution in [0.2, 0.25) is 0 Å². The van der Waals surface area contributed by atoms with Gasteiger partial charge in [-0.2, -0.15) is 0 Å². The summed E-state index contributed by atoms with van der Waals surface area (Å²) in [7, 11) is 0. The predicted octanol–water partition coefficient (Wildman–Crippen LogP) is 3.37. The molecule has 1 aromatic rings. The van der Waals surface area contributed by atoms with E-state index in [-0.39, 0.29) is 0 Å². The molecule has 112 valence electrons. The summed E-state index contributed by atoms with van der Waals surface area (Å²) in [5.74, 6) is 0.882. The zero-order valence-corrected chi connectivity index (χ0v) is 14.0. The first-order valence-corrected chi connectivity index (χ1v) is 8.84. The van der Waals surface area contributed by atoms with Crippen LogP contribution in [0.1, 0.15) is 56.8 Å². The van der Waals surface area contributed by atoms with Crippen molar-refractivity contribution in [3.8, 4) is 0 Å². The van der Waals surface area contributed by atoms with E-state index < -0.39 is 0 Å². The fraction of sp³-hybridized carbons (Fsp3) is 0.812. The molecule has 1 aliphatic heterocycles. The standard InChI is InChI=1S/C16H27N3S/c1-5-14-8-17-16(4,13-6-7-13)10-19(14)12(3)15-18-11(2)9-20-15/h9,12-14,17H,5-8,10H2,1-4H3. The topological polar surface area (TPSA) is 28.2 Å². The minimum atomic E-state index is 0.312. The summed E-state index contributed by atoms with van der Waals surface area (Å²) in [6.07, 6.45) is 4.01. The largest absolute Gasteiger partial charge is 0.308 e. The van der Waals surface area contributed by atoms with Crippen molar-refractivity contribution in [3.05, 3.63) is 16.1 Å². The lowest BCUT2D eigenvalue weighted by atomic mass is 9.89. The molecule has 0 radical (unpaired) electrons. The second kappa shape index (κ2) is 5.39. The second-order valence-electron chi connectivity index (χ2n) is 6.81. The van der Waals surface area contributed by atoms with E-state index in [2.05, 4.69) is 43.3 Å². The third kappa shape index (κ3) is 2.66. The molecule has 2 heterocycles. The van der Waals surface area contributed by atoms with E-state index in [0.29, 0.717) is 17.6 Å². The molecule has 1 aliphatic carbocycles. The zero-order valence-electron chi connectivity index (χ0n) is 13.1. The van der Waals surface area contributed by atoms with Crippen LogP contribution in [0.25, 0.3) is 0 Å². The Bertz CT molecular complexity index is 468. The monoisotopic (exact) mass is 293 g/mol. The van der Waals surface area contributed by atoms with Crippen LogP contribution in [0.4, 0.5) is 0 Å². The highest BCUT2D eigenvalue weighted by Gasteiger charge is 2.46. The van der Waals surface area contributed by atoms with Crippen LogP contribution >= 0.6 is 11.3 Å². The van der Waals surface area contributed by atoms with E-state index in [1.807, 2.05) is 11.3 Å². The molecule has 1 N–H and O–H groups in total. The van der Waals surface area contributed by atoms with Crippen molar-refractivity contribution in [2.45, 2.75) is 64.6 Å². The van der Waals surface area contributed by atoms with Crippen LogP contribution in [0.5, 0.6) is 0 Å². The van der Waals surface area contributed by atoms with Crippen LogP contribution in [-0.4, -0.2) is 34.6 Å². The van der Waals surface area contributed by atoms with Gasteiger partial charge in [0.1, 0.15) is 5.01 Å². The summed E-state index contributed by atoms with van der Waals surface area (Å²) in [6, 6.07) is 1.08. The lowest BCUT2D eigenvalue weighted by Gasteiger charge is -2.48. The number of nitrogens with zero attached hydrogens (tertiary/aromatic N) is 2. The van der Waals surface area contributed by atoms with Gasteiger partial charge in [-0.05, 0) is 46.0 Å². The normalized spacial score (nSPS) is 33.3. The van der Waals surface area contributed by atoms with Gasteiger partial charge in [0.25, 0.3) is 0 Å². The maximum Gasteiger partial charge on any atom is 0.110 e. The zero-order chi connectivity index (χ0) is 14.3. The highest BCUT2D eigenvalue weighted by Crippen LogP contribution is 2.43. The van der Waals surface area contributed by atoms with Gasteiger partial charge in [-0.1, -0.05) is 6.92 Å². The van der Waals surface area contributed by atoms with Crippen molar-refractivity contribution in [3.63, 3.8) is 0 Å². The fourth-order valence-electron chi connectivity index (χ4n) is 3.56. The van der Waals surface area contributed by atoms with Crippen molar-refractivity contribution < 1.29 is 0 Å². The predicted molar refractivity (Wildman–Crippen MR) is 85.2 cm³/mol. The third-order valence-corrected chi connectivity index (χ3v) is 6.30. The molecular formula is C16H27N3S. The van der Waals surface area contributed by atoms with E-state index in [1.165, 1.54) is 24.3 Å². The summed E-state index contributed by atoms with van der Waals surface area (Å²) in [4.78, 5) is 7.42. The first-order chi connectivity index (χ1) is 9.53. The number of piperazine rings is 1. The molecule has 0 amide bonds. The number of thiazole rings is 1. The minimum Gasteiger partial charge on any atom is -0.308 e. The maximum absolute atomic E-state index is 4.72. The summed E-state index contributed by atoms with van der Waals surface area (Å²) in [5.41, 5.74) is 1.47.